The maximum absolute atomic E-state index is 11.3. The molecule has 1 aliphatic rings. The molecule has 1 saturated carbocycles. The van der Waals surface area contributed by atoms with Crippen LogP contribution in [0.1, 0.15) is 57.2 Å². The van der Waals surface area contributed by atoms with Crippen LogP contribution in [0, 0.1) is 11.3 Å². The molecule has 2 rings (SSSR count). The first-order chi connectivity index (χ1) is 10.1. The van der Waals surface area contributed by atoms with Crippen molar-refractivity contribution in [1.29, 1.82) is 0 Å². The molecule has 0 saturated heterocycles. The van der Waals surface area contributed by atoms with Crippen molar-refractivity contribution in [2.45, 2.75) is 64.8 Å². The van der Waals surface area contributed by atoms with Crippen molar-refractivity contribution in [3.8, 4) is 0 Å². The van der Waals surface area contributed by atoms with E-state index in [4.69, 9.17) is 0 Å². The van der Waals surface area contributed by atoms with Crippen molar-refractivity contribution in [2.24, 2.45) is 11.3 Å². The van der Waals surface area contributed by atoms with Gasteiger partial charge in [0.2, 0.25) is 0 Å². The van der Waals surface area contributed by atoms with Gasteiger partial charge in [-0.2, -0.15) is 0 Å². The Morgan fingerprint density at radius 1 is 1.32 bits per heavy atom. The average molecular weight is 345 g/mol. The lowest BCUT2D eigenvalue weighted by Crippen LogP contribution is -2.43. The van der Waals surface area contributed by atoms with Gasteiger partial charge in [-0.25, -0.2) is 13.4 Å². The van der Waals surface area contributed by atoms with E-state index in [1.54, 1.807) is 0 Å². The van der Waals surface area contributed by atoms with Crippen molar-refractivity contribution < 1.29 is 8.42 Å². The summed E-state index contributed by atoms with van der Waals surface area (Å²) in [6, 6.07) is 0.536. The van der Waals surface area contributed by atoms with Crippen molar-refractivity contribution in [1.82, 2.24) is 10.3 Å². The van der Waals surface area contributed by atoms with Gasteiger partial charge in [-0.3, -0.25) is 0 Å². The molecule has 1 aromatic rings. The van der Waals surface area contributed by atoms with Crippen molar-refractivity contribution in [3.63, 3.8) is 0 Å². The molecule has 0 aliphatic heterocycles. The summed E-state index contributed by atoms with van der Waals surface area (Å²) in [5.74, 6) is 0.737. The van der Waals surface area contributed by atoms with Crippen LogP contribution in [0.3, 0.4) is 0 Å². The van der Waals surface area contributed by atoms with E-state index in [9.17, 15) is 8.42 Å². The van der Waals surface area contributed by atoms with Gasteiger partial charge in [0, 0.05) is 24.2 Å². The van der Waals surface area contributed by atoms with Gasteiger partial charge in [0.15, 0.2) is 9.84 Å². The summed E-state index contributed by atoms with van der Waals surface area (Å²) in [5, 5.41) is 6.33. The molecule has 0 aromatic carbocycles. The van der Waals surface area contributed by atoms with Gasteiger partial charge >= 0.3 is 0 Å². The van der Waals surface area contributed by atoms with E-state index >= 15 is 0 Å². The van der Waals surface area contributed by atoms with Crippen LogP contribution >= 0.6 is 11.3 Å². The molecule has 1 fully saturated rings. The lowest BCUT2D eigenvalue weighted by atomic mass is 9.69. The lowest BCUT2D eigenvalue weighted by molar-refractivity contribution is 0.130. The minimum Gasteiger partial charge on any atom is -0.308 e. The molecular weight excluding hydrogens is 316 g/mol. The maximum atomic E-state index is 11.3. The Labute approximate surface area is 138 Å². The molecule has 0 amide bonds. The lowest BCUT2D eigenvalue weighted by Gasteiger charge is -2.41. The van der Waals surface area contributed by atoms with Gasteiger partial charge in [-0.15, -0.1) is 11.3 Å². The van der Waals surface area contributed by atoms with E-state index in [2.05, 4.69) is 31.1 Å². The van der Waals surface area contributed by atoms with Gasteiger partial charge in [0.25, 0.3) is 0 Å². The molecule has 6 heteroatoms. The fraction of sp³-hybridized carbons (Fsp3) is 0.812. The zero-order valence-electron chi connectivity index (χ0n) is 14.1. The maximum Gasteiger partial charge on any atom is 0.153 e. The summed E-state index contributed by atoms with van der Waals surface area (Å²) >= 11 is 1.44. The fourth-order valence-electron chi connectivity index (χ4n) is 3.37. The van der Waals surface area contributed by atoms with E-state index < -0.39 is 9.84 Å². The van der Waals surface area contributed by atoms with Crippen LogP contribution in [0.25, 0.3) is 0 Å². The van der Waals surface area contributed by atoms with Gasteiger partial charge in [-0.1, -0.05) is 33.6 Å². The Balaban J connectivity index is 1.94. The predicted octanol–water partition coefficient (Wildman–Crippen LogP) is 3.38. The number of hydrogen-bond donors (Lipinski definition) is 1. The Kier molecular flexibility index (Phi) is 5.67. The Bertz CT molecular complexity index is 588. The number of rotatable bonds is 5. The Morgan fingerprint density at radius 2 is 2.00 bits per heavy atom. The highest BCUT2D eigenvalue weighted by Crippen LogP contribution is 2.38. The monoisotopic (exact) mass is 344 g/mol. The SMILES string of the molecule is CC(C)(C)C1CCCCC1NCc1csc(CS(C)(=O)=O)n1. The molecule has 1 aromatic heterocycles. The molecule has 0 bridgehead atoms. The first-order valence-corrected chi connectivity index (χ1v) is 10.9. The molecule has 1 aliphatic carbocycles. The van der Waals surface area contributed by atoms with Crippen LogP contribution in [-0.4, -0.2) is 25.7 Å². The normalized spacial score (nSPS) is 23.6. The molecule has 2 unspecified atom stereocenters. The third kappa shape index (κ3) is 5.32. The van der Waals surface area contributed by atoms with Crippen LogP contribution in [0.4, 0.5) is 0 Å². The highest BCUT2D eigenvalue weighted by atomic mass is 32.2. The van der Waals surface area contributed by atoms with E-state index in [1.807, 2.05) is 5.38 Å². The number of aromatic nitrogens is 1. The molecule has 22 heavy (non-hydrogen) atoms. The van der Waals surface area contributed by atoms with E-state index in [0.29, 0.717) is 22.4 Å². The molecule has 4 nitrogen and oxygen atoms in total. The summed E-state index contributed by atoms with van der Waals surface area (Å²) in [4.78, 5) is 4.44. The number of nitrogens with zero attached hydrogens (tertiary/aromatic N) is 1. The summed E-state index contributed by atoms with van der Waals surface area (Å²) in [5.41, 5.74) is 1.28. The molecule has 126 valence electrons. The zero-order valence-corrected chi connectivity index (χ0v) is 15.7. The minimum absolute atomic E-state index is 0.0473. The first-order valence-electron chi connectivity index (χ1n) is 7.99. The predicted molar refractivity (Wildman–Crippen MR) is 92.7 cm³/mol. The summed E-state index contributed by atoms with van der Waals surface area (Å²) < 4.78 is 22.6. The number of sulfone groups is 1. The number of nitrogens with one attached hydrogen (secondary N) is 1. The van der Waals surface area contributed by atoms with Crippen LogP contribution in [0.15, 0.2) is 5.38 Å². The van der Waals surface area contributed by atoms with E-state index in [0.717, 1.165) is 12.2 Å². The van der Waals surface area contributed by atoms with Crippen LogP contribution in [-0.2, 0) is 22.1 Å². The summed E-state index contributed by atoms with van der Waals surface area (Å²) in [6.45, 7) is 7.71. The van der Waals surface area contributed by atoms with Gasteiger partial charge in [-0.05, 0) is 24.2 Å². The zero-order chi connectivity index (χ0) is 16.4. The van der Waals surface area contributed by atoms with Crippen molar-refractivity contribution in [3.05, 3.63) is 16.1 Å². The molecule has 1 heterocycles. The molecule has 1 N–H and O–H groups in total. The second-order valence-electron chi connectivity index (χ2n) is 7.55. The Morgan fingerprint density at radius 3 is 2.64 bits per heavy atom. The van der Waals surface area contributed by atoms with E-state index in [1.165, 1.54) is 43.3 Å². The summed E-state index contributed by atoms with van der Waals surface area (Å²) in [7, 11) is -3.00. The van der Waals surface area contributed by atoms with Crippen molar-refractivity contribution >= 4 is 21.2 Å². The number of hydrogen-bond acceptors (Lipinski definition) is 5. The van der Waals surface area contributed by atoms with Crippen LogP contribution in [0.2, 0.25) is 0 Å². The third-order valence-corrected chi connectivity index (χ3v) is 6.29. The van der Waals surface area contributed by atoms with Gasteiger partial charge in [0.1, 0.15) is 10.8 Å². The smallest absolute Gasteiger partial charge is 0.153 e. The largest absolute Gasteiger partial charge is 0.308 e. The fourth-order valence-corrected chi connectivity index (χ4v) is 5.37. The highest BCUT2D eigenvalue weighted by Gasteiger charge is 2.33. The quantitative estimate of drug-likeness (QED) is 0.889. The molecular formula is C16H28N2O2S2. The van der Waals surface area contributed by atoms with Crippen molar-refractivity contribution in [2.75, 3.05) is 6.26 Å². The van der Waals surface area contributed by atoms with Gasteiger partial charge in [0.05, 0.1) is 5.69 Å². The molecule has 0 spiro atoms. The topological polar surface area (TPSA) is 59.1 Å². The average Bonchev–Trinajstić information content (AvgIpc) is 2.81. The Hall–Kier alpha value is -0.460. The van der Waals surface area contributed by atoms with Crippen LogP contribution < -0.4 is 5.32 Å². The molecule has 0 radical (unpaired) electrons. The number of thiazole rings is 1. The highest BCUT2D eigenvalue weighted by molar-refractivity contribution is 7.90. The van der Waals surface area contributed by atoms with Gasteiger partial charge < -0.3 is 5.32 Å². The second-order valence-corrected chi connectivity index (χ2v) is 10.6. The second kappa shape index (κ2) is 6.97. The molecule has 2 atom stereocenters. The minimum atomic E-state index is -3.00. The standard InChI is InChI=1S/C16H28N2O2S2/c1-16(2,3)13-7-5-6-8-14(13)17-9-12-10-21-15(18-12)11-22(4,19)20/h10,13-14,17H,5-9,11H2,1-4H3. The van der Waals surface area contributed by atoms with Crippen LogP contribution in [0.5, 0.6) is 0 Å². The first kappa shape index (κ1) is 17.9. The van der Waals surface area contributed by atoms with E-state index in [-0.39, 0.29) is 5.75 Å². The summed E-state index contributed by atoms with van der Waals surface area (Å²) in [6.07, 6.45) is 6.39. The third-order valence-electron chi connectivity index (χ3n) is 4.41.